The molecule has 0 unspecified atom stereocenters. The Kier molecular flexibility index (Phi) is 7.29. The maximum absolute atomic E-state index is 13.2. The number of nitrogens with zero attached hydrogens (tertiary/aromatic N) is 2. The van der Waals surface area contributed by atoms with E-state index in [1.807, 2.05) is 0 Å². The molecule has 0 spiro atoms. The molecule has 1 N–H and O–H groups in total. The van der Waals surface area contributed by atoms with Gasteiger partial charge in [-0.3, -0.25) is 0 Å². The van der Waals surface area contributed by atoms with Crippen LogP contribution in [-0.4, -0.2) is 49.8 Å². The summed E-state index contributed by atoms with van der Waals surface area (Å²) < 4.78 is 116. The van der Waals surface area contributed by atoms with E-state index in [0.29, 0.717) is 13.0 Å². The van der Waals surface area contributed by atoms with E-state index >= 15 is 0 Å². The van der Waals surface area contributed by atoms with Gasteiger partial charge in [-0.2, -0.15) is 31.4 Å². The Morgan fingerprint density at radius 1 is 1.15 bits per heavy atom. The molecule has 33 heavy (non-hydrogen) atoms. The molecule has 0 aliphatic carbocycles. The second-order valence-corrected chi connectivity index (χ2v) is 9.42. The normalized spacial score (nSPS) is 20.1. The van der Waals surface area contributed by atoms with Crippen LogP contribution in [0.4, 0.5) is 26.3 Å². The fraction of sp³-hybridized carbons (Fsp3) is 0.526. The predicted molar refractivity (Wildman–Crippen MR) is 104 cm³/mol. The quantitative estimate of drug-likeness (QED) is 0.586. The number of hydrogen-bond acceptors (Lipinski definition) is 5. The molecule has 14 heteroatoms. The summed E-state index contributed by atoms with van der Waals surface area (Å²) in [5.41, 5.74) is -3.46. The summed E-state index contributed by atoms with van der Waals surface area (Å²) in [6.07, 6.45) is -9.63. The van der Waals surface area contributed by atoms with E-state index in [1.165, 1.54) is 19.1 Å². The summed E-state index contributed by atoms with van der Waals surface area (Å²) >= 11 is 0. The number of sulfonamides is 1. The SMILES string of the molecule is CCS(=O)(=O)N[C@@H]1CCOC[C@H]1COc1ccc(-n2nc(C(F)(F)F)cc2C(F)(F)F)cc1. The Bertz CT molecular complexity index is 1050. The van der Waals surface area contributed by atoms with Crippen LogP contribution >= 0.6 is 0 Å². The Balaban J connectivity index is 1.74. The Morgan fingerprint density at radius 3 is 2.39 bits per heavy atom. The molecule has 1 aliphatic heterocycles. The highest BCUT2D eigenvalue weighted by Crippen LogP contribution is 2.36. The zero-order chi connectivity index (χ0) is 24.4. The molecule has 1 saturated heterocycles. The molecule has 1 fully saturated rings. The first kappa shape index (κ1) is 25.3. The summed E-state index contributed by atoms with van der Waals surface area (Å²) in [7, 11) is -3.44. The molecule has 2 atom stereocenters. The molecule has 2 heterocycles. The maximum atomic E-state index is 13.2. The van der Waals surface area contributed by atoms with Crippen LogP contribution in [0.3, 0.4) is 0 Å². The van der Waals surface area contributed by atoms with Crippen LogP contribution < -0.4 is 9.46 Å². The molecular formula is C19H21F6N3O4S. The third kappa shape index (κ3) is 6.38. The minimum atomic E-state index is -5.05. The highest BCUT2D eigenvalue weighted by Gasteiger charge is 2.42. The van der Waals surface area contributed by atoms with Crippen molar-refractivity contribution in [2.24, 2.45) is 5.92 Å². The topological polar surface area (TPSA) is 82.5 Å². The van der Waals surface area contributed by atoms with Gasteiger partial charge in [-0.25, -0.2) is 17.8 Å². The van der Waals surface area contributed by atoms with Crippen LogP contribution in [0.5, 0.6) is 5.75 Å². The number of alkyl halides is 6. The standard InChI is InChI=1S/C19H21F6N3O4S/c1-2-33(29,30)27-15-7-8-31-10-12(15)11-32-14-5-3-13(4-6-14)28-17(19(23,24)25)9-16(26-28)18(20,21)22/h3-6,9,12,15,27H,2,7-8,10-11H2,1H3/t12-,15+/m0/s1. The Hall–Kier alpha value is -2.32. The van der Waals surface area contributed by atoms with Crippen molar-refractivity contribution in [1.82, 2.24) is 14.5 Å². The maximum Gasteiger partial charge on any atom is 0.435 e. The highest BCUT2D eigenvalue weighted by atomic mass is 32.2. The van der Waals surface area contributed by atoms with Crippen LogP contribution in [0.2, 0.25) is 0 Å². The van der Waals surface area contributed by atoms with Crippen LogP contribution in [0.25, 0.3) is 5.69 Å². The minimum absolute atomic E-state index is 0.0506. The Labute approximate surface area is 185 Å². The van der Waals surface area contributed by atoms with Crippen LogP contribution in [0.1, 0.15) is 24.7 Å². The lowest BCUT2D eigenvalue weighted by Gasteiger charge is -2.31. The largest absolute Gasteiger partial charge is 0.493 e. The summed E-state index contributed by atoms with van der Waals surface area (Å²) in [6.45, 7) is 2.20. The fourth-order valence-corrected chi connectivity index (χ4v) is 4.17. The molecule has 1 aromatic carbocycles. The van der Waals surface area contributed by atoms with Gasteiger partial charge >= 0.3 is 12.4 Å². The molecule has 0 radical (unpaired) electrons. The molecule has 1 aliphatic rings. The zero-order valence-corrected chi connectivity index (χ0v) is 18.1. The minimum Gasteiger partial charge on any atom is -0.493 e. The van der Waals surface area contributed by atoms with E-state index in [9.17, 15) is 34.8 Å². The first-order valence-electron chi connectivity index (χ1n) is 9.85. The summed E-state index contributed by atoms with van der Waals surface area (Å²) in [6, 6.07) is 4.42. The lowest BCUT2D eigenvalue weighted by molar-refractivity contribution is -0.143. The van der Waals surface area contributed by atoms with Gasteiger partial charge in [0.2, 0.25) is 10.0 Å². The van der Waals surface area contributed by atoms with Crippen LogP contribution in [0.15, 0.2) is 30.3 Å². The molecule has 3 rings (SSSR count). The van der Waals surface area contributed by atoms with Crippen molar-refractivity contribution in [2.45, 2.75) is 31.7 Å². The Morgan fingerprint density at radius 2 is 1.82 bits per heavy atom. The number of nitrogens with one attached hydrogen (secondary N) is 1. The van der Waals surface area contributed by atoms with Gasteiger partial charge in [-0.05, 0) is 37.6 Å². The van der Waals surface area contributed by atoms with Gasteiger partial charge in [0.1, 0.15) is 11.4 Å². The summed E-state index contributed by atoms with van der Waals surface area (Å²) in [4.78, 5) is 0. The fourth-order valence-electron chi connectivity index (χ4n) is 3.24. The first-order chi connectivity index (χ1) is 15.3. The van der Waals surface area contributed by atoms with Gasteiger partial charge < -0.3 is 9.47 Å². The monoisotopic (exact) mass is 501 g/mol. The lowest BCUT2D eigenvalue weighted by Crippen LogP contribution is -2.47. The number of halogens is 6. The van der Waals surface area contributed by atoms with E-state index in [4.69, 9.17) is 9.47 Å². The highest BCUT2D eigenvalue weighted by molar-refractivity contribution is 7.89. The van der Waals surface area contributed by atoms with E-state index in [2.05, 4.69) is 9.82 Å². The summed E-state index contributed by atoms with van der Waals surface area (Å²) in [5, 5.41) is 3.07. The van der Waals surface area contributed by atoms with E-state index < -0.39 is 39.8 Å². The average Bonchev–Trinajstić information content (AvgIpc) is 3.20. The smallest absolute Gasteiger partial charge is 0.435 e. The van der Waals surface area contributed by atoms with E-state index in [0.717, 1.165) is 12.1 Å². The van der Waals surface area contributed by atoms with Crippen molar-refractivity contribution < 1.29 is 44.2 Å². The third-order valence-corrected chi connectivity index (χ3v) is 6.44. The van der Waals surface area contributed by atoms with Crippen molar-refractivity contribution in [2.75, 3.05) is 25.6 Å². The third-order valence-electron chi connectivity index (χ3n) is 5.02. The lowest BCUT2D eigenvalue weighted by atomic mass is 9.98. The second-order valence-electron chi connectivity index (χ2n) is 7.38. The van der Waals surface area contributed by atoms with Gasteiger partial charge in [-0.1, -0.05) is 0 Å². The van der Waals surface area contributed by atoms with Crippen LogP contribution in [-0.2, 0) is 27.1 Å². The summed E-state index contributed by atoms with van der Waals surface area (Å²) in [5.74, 6) is -0.154. The van der Waals surface area contributed by atoms with Gasteiger partial charge in [0, 0.05) is 24.6 Å². The molecule has 0 saturated carbocycles. The van der Waals surface area contributed by atoms with Crippen LogP contribution in [0, 0.1) is 5.92 Å². The van der Waals surface area contributed by atoms with Gasteiger partial charge in [0.25, 0.3) is 0 Å². The zero-order valence-electron chi connectivity index (χ0n) is 17.3. The number of aromatic nitrogens is 2. The van der Waals surface area contributed by atoms with Crippen molar-refractivity contribution >= 4 is 10.0 Å². The second kappa shape index (κ2) is 9.50. The molecule has 184 valence electrons. The van der Waals surface area contributed by atoms with Crippen molar-refractivity contribution in [3.05, 3.63) is 41.7 Å². The first-order valence-corrected chi connectivity index (χ1v) is 11.5. The van der Waals surface area contributed by atoms with Crippen molar-refractivity contribution in [1.29, 1.82) is 0 Å². The number of ether oxygens (including phenoxy) is 2. The van der Waals surface area contributed by atoms with Gasteiger partial charge in [-0.15, -0.1) is 0 Å². The van der Waals surface area contributed by atoms with Crippen molar-refractivity contribution in [3.63, 3.8) is 0 Å². The van der Waals surface area contributed by atoms with E-state index in [1.54, 1.807) is 0 Å². The van der Waals surface area contributed by atoms with Crippen molar-refractivity contribution in [3.8, 4) is 11.4 Å². The van der Waals surface area contributed by atoms with E-state index in [-0.39, 0.29) is 47.1 Å². The molecule has 7 nitrogen and oxygen atoms in total. The molecular weight excluding hydrogens is 480 g/mol. The van der Waals surface area contributed by atoms with Gasteiger partial charge in [0.05, 0.1) is 24.7 Å². The number of benzene rings is 1. The molecule has 0 bridgehead atoms. The molecule has 2 aromatic rings. The predicted octanol–water partition coefficient (Wildman–Crippen LogP) is 3.63. The van der Waals surface area contributed by atoms with Gasteiger partial charge in [0.15, 0.2) is 5.69 Å². The average molecular weight is 501 g/mol. The molecule has 1 aromatic heterocycles. The number of rotatable bonds is 7. The molecule has 0 amide bonds. The number of hydrogen-bond donors (Lipinski definition) is 1.